The molecule has 154 valence electrons. The summed E-state index contributed by atoms with van der Waals surface area (Å²) in [5.74, 6) is 0.949. The highest BCUT2D eigenvalue weighted by atomic mass is 16.5. The number of nitrogens with zero attached hydrogens (tertiary/aromatic N) is 3. The summed E-state index contributed by atoms with van der Waals surface area (Å²) in [6.07, 6.45) is 1.95. The van der Waals surface area contributed by atoms with E-state index in [1.54, 1.807) is 30.2 Å². The second-order valence-electron chi connectivity index (χ2n) is 7.04. The lowest BCUT2D eigenvalue weighted by Gasteiger charge is -2.25. The van der Waals surface area contributed by atoms with Crippen molar-refractivity contribution in [1.29, 1.82) is 0 Å². The van der Waals surface area contributed by atoms with Crippen LogP contribution >= 0.6 is 0 Å². The van der Waals surface area contributed by atoms with Gasteiger partial charge in [0.15, 0.2) is 11.5 Å². The average molecular weight is 397 g/mol. The Balaban J connectivity index is 1.66. The fourth-order valence-corrected chi connectivity index (χ4v) is 3.58. The molecule has 3 rings (SSSR count). The zero-order chi connectivity index (χ0) is 20.8. The first-order valence-corrected chi connectivity index (χ1v) is 9.73. The summed E-state index contributed by atoms with van der Waals surface area (Å²) in [6, 6.07) is 11.3. The molecule has 1 fully saturated rings. The van der Waals surface area contributed by atoms with Gasteiger partial charge in [-0.3, -0.25) is 14.6 Å². The first-order valence-electron chi connectivity index (χ1n) is 9.73. The number of carbonyl (C=O) groups excluding carboxylic acids is 2. The van der Waals surface area contributed by atoms with Crippen molar-refractivity contribution in [1.82, 2.24) is 14.8 Å². The largest absolute Gasteiger partial charge is 0.493 e. The van der Waals surface area contributed by atoms with Gasteiger partial charge in [-0.15, -0.1) is 0 Å². The van der Waals surface area contributed by atoms with Gasteiger partial charge in [-0.05, 0) is 36.8 Å². The SMILES string of the molecule is CCN(Cc1ccc(OC)c(OC)c1)C(=O)C1CC(=O)N(Cc2ccccn2)C1. The molecule has 1 atom stereocenters. The van der Waals surface area contributed by atoms with Crippen molar-refractivity contribution in [2.75, 3.05) is 27.3 Å². The first-order chi connectivity index (χ1) is 14.0. The van der Waals surface area contributed by atoms with E-state index in [2.05, 4.69) is 4.98 Å². The molecule has 0 N–H and O–H groups in total. The number of ether oxygens (including phenoxy) is 2. The van der Waals surface area contributed by atoms with E-state index in [9.17, 15) is 9.59 Å². The highest BCUT2D eigenvalue weighted by molar-refractivity contribution is 5.89. The van der Waals surface area contributed by atoms with E-state index in [0.717, 1.165) is 11.3 Å². The van der Waals surface area contributed by atoms with Crippen LogP contribution < -0.4 is 9.47 Å². The molecule has 2 heterocycles. The molecular formula is C22H27N3O4. The zero-order valence-electron chi connectivity index (χ0n) is 17.1. The lowest BCUT2D eigenvalue weighted by molar-refractivity contribution is -0.136. The number of hydrogen-bond acceptors (Lipinski definition) is 5. The Kier molecular flexibility index (Phi) is 6.69. The number of likely N-dealkylation sites (tertiary alicyclic amines) is 1. The van der Waals surface area contributed by atoms with E-state index in [-0.39, 0.29) is 24.2 Å². The number of carbonyl (C=O) groups is 2. The Hall–Kier alpha value is -3.09. The molecule has 0 radical (unpaired) electrons. The number of hydrogen-bond donors (Lipinski definition) is 0. The van der Waals surface area contributed by atoms with E-state index in [4.69, 9.17) is 9.47 Å². The van der Waals surface area contributed by atoms with Crippen LogP contribution in [0.1, 0.15) is 24.6 Å². The molecule has 2 amide bonds. The summed E-state index contributed by atoms with van der Waals surface area (Å²) < 4.78 is 10.6. The second kappa shape index (κ2) is 9.41. The first kappa shape index (κ1) is 20.6. The molecule has 0 saturated carbocycles. The highest BCUT2D eigenvalue weighted by Crippen LogP contribution is 2.29. The van der Waals surface area contributed by atoms with Crippen molar-refractivity contribution >= 4 is 11.8 Å². The van der Waals surface area contributed by atoms with Crippen molar-refractivity contribution in [3.05, 3.63) is 53.9 Å². The Morgan fingerprint density at radius 1 is 1.21 bits per heavy atom. The van der Waals surface area contributed by atoms with Crippen LogP contribution in [-0.4, -0.2) is 53.9 Å². The minimum absolute atomic E-state index is 0.000782. The maximum Gasteiger partial charge on any atom is 0.228 e. The number of pyridine rings is 1. The Bertz CT molecular complexity index is 856. The third kappa shape index (κ3) is 4.85. The summed E-state index contributed by atoms with van der Waals surface area (Å²) in [7, 11) is 3.18. The minimum atomic E-state index is -0.327. The van der Waals surface area contributed by atoms with Gasteiger partial charge in [0.2, 0.25) is 11.8 Å². The predicted octanol–water partition coefficient (Wildman–Crippen LogP) is 2.50. The molecule has 1 aromatic heterocycles. The van der Waals surface area contributed by atoms with Crippen LogP contribution in [0.2, 0.25) is 0 Å². The molecule has 1 saturated heterocycles. The molecule has 29 heavy (non-hydrogen) atoms. The molecule has 0 aliphatic carbocycles. The lowest BCUT2D eigenvalue weighted by atomic mass is 10.1. The summed E-state index contributed by atoms with van der Waals surface area (Å²) in [6.45, 7) is 3.84. The molecule has 1 aromatic carbocycles. The van der Waals surface area contributed by atoms with E-state index in [1.165, 1.54) is 0 Å². The maximum absolute atomic E-state index is 13.1. The molecule has 0 bridgehead atoms. The van der Waals surface area contributed by atoms with E-state index in [1.807, 2.05) is 43.3 Å². The topological polar surface area (TPSA) is 72.0 Å². The number of methoxy groups -OCH3 is 2. The van der Waals surface area contributed by atoms with Gasteiger partial charge >= 0.3 is 0 Å². The van der Waals surface area contributed by atoms with Gasteiger partial charge in [-0.1, -0.05) is 12.1 Å². The maximum atomic E-state index is 13.1. The molecule has 1 unspecified atom stereocenters. The third-order valence-electron chi connectivity index (χ3n) is 5.16. The Morgan fingerprint density at radius 2 is 2.00 bits per heavy atom. The Morgan fingerprint density at radius 3 is 2.66 bits per heavy atom. The number of amides is 2. The summed E-state index contributed by atoms with van der Waals surface area (Å²) in [4.78, 5) is 33.3. The predicted molar refractivity (Wildman–Crippen MR) is 108 cm³/mol. The molecular weight excluding hydrogens is 370 g/mol. The van der Waals surface area contributed by atoms with Crippen molar-refractivity contribution < 1.29 is 19.1 Å². The summed E-state index contributed by atoms with van der Waals surface area (Å²) >= 11 is 0. The second-order valence-corrected chi connectivity index (χ2v) is 7.04. The van der Waals surface area contributed by atoms with Crippen LogP contribution in [0.3, 0.4) is 0 Å². The fourth-order valence-electron chi connectivity index (χ4n) is 3.58. The van der Waals surface area contributed by atoms with Gasteiger partial charge in [-0.25, -0.2) is 0 Å². The van der Waals surface area contributed by atoms with Crippen LogP contribution in [0.5, 0.6) is 11.5 Å². The molecule has 1 aliphatic heterocycles. The van der Waals surface area contributed by atoms with Crippen molar-refractivity contribution in [2.24, 2.45) is 5.92 Å². The summed E-state index contributed by atoms with van der Waals surface area (Å²) in [5, 5.41) is 0. The molecule has 7 heteroatoms. The van der Waals surface area contributed by atoms with Gasteiger partial charge in [0, 0.05) is 32.3 Å². The molecule has 0 spiro atoms. The number of aromatic nitrogens is 1. The van der Waals surface area contributed by atoms with E-state index in [0.29, 0.717) is 37.7 Å². The smallest absolute Gasteiger partial charge is 0.228 e. The van der Waals surface area contributed by atoms with Gasteiger partial charge in [0.05, 0.1) is 32.4 Å². The number of benzene rings is 1. The molecule has 1 aliphatic rings. The van der Waals surface area contributed by atoms with Crippen LogP contribution in [0.25, 0.3) is 0 Å². The fraction of sp³-hybridized carbons (Fsp3) is 0.409. The minimum Gasteiger partial charge on any atom is -0.493 e. The molecule has 2 aromatic rings. The van der Waals surface area contributed by atoms with Gasteiger partial charge < -0.3 is 19.3 Å². The van der Waals surface area contributed by atoms with Crippen LogP contribution in [0.4, 0.5) is 0 Å². The zero-order valence-corrected chi connectivity index (χ0v) is 17.1. The van der Waals surface area contributed by atoms with Crippen LogP contribution in [0, 0.1) is 5.92 Å². The number of rotatable bonds is 8. The van der Waals surface area contributed by atoms with Crippen molar-refractivity contribution in [3.8, 4) is 11.5 Å². The quantitative estimate of drug-likeness (QED) is 0.684. The normalized spacial score (nSPS) is 16.0. The highest BCUT2D eigenvalue weighted by Gasteiger charge is 2.36. The third-order valence-corrected chi connectivity index (χ3v) is 5.16. The summed E-state index contributed by atoms with van der Waals surface area (Å²) in [5.41, 5.74) is 1.78. The lowest BCUT2D eigenvalue weighted by Crippen LogP contribution is -2.37. The van der Waals surface area contributed by atoms with Gasteiger partial charge in [0.25, 0.3) is 0 Å². The van der Waals surface area contributed by atoms with E-state index >= 15 is 0 Å². The Labute approximate surface area is 171 Å². The van der Waals surface area contributed by atoms with Crippen molar-refractivity contribution in [2.45, 2.75) is 26.4 Å². The standard InChI is InChI=1S/C22H27N3O4/c1-4-24(13-16-8-9-19(28-2)20(11-16)29-3)22(27)17-12-21(26)25(14-17)15-18-7-5-6-10-23-18/h5-11,17H,4,12-15H2,1-3H3. The molecule has 7 nitrogen and oxygen atoms in total. The van der Waals surface area contributed by atoms with Crippen LogP contribution in [0.15, 0.2) is 42.6 Å². The van der Waals surface area contributed by atoms with Gasteiger partial charge in [0.1, 0.15) is 0 Å². The van der Waals surface area contributed by atoms with E-state index < -0.39 is 0 Å². The van der Waals surface area contributed by atoms with Crippen molar-refractivity contribution in [3.63, 3.8) is 0 Å². The average Bonchev–Trinajstić information content (AvgIpc) is 3.12. The van der Waals surface area contributed by atoms with Gasteiger partial charge in [-0.2, -0.15) is 0 Å². The van der Waals surface area contributed by atoms with Crippen LogP contribution in [-0.2, 0) is 22.7 Å². The monoisotopic (exact) mass is 397 g/mol.